The molecule has 29 heavy (non-hydrogen) atoms. The number of pyridine rings is 2. The van der Waals surface area contributed by atoms with E-state index in [9.17, 15) is 4.79 Å². The van der Waals surface area contributed by atoms with Gasteiger partial charge in [0.15, 0.2) is 0 Å². The van der Waals surface area contributed by atoms with E-state index >= 15 is 0 Å². The van der Waals surface area contributed by atoms with Crippen molar-refractivity contribution in [2.75, 3.05) is 33.2 Å². The number of hydrogen-bond acceptors (Lipinski definition) is 6. The molecule has 0 saturated carbocycles. The van der Waals surface area contributed by atoms with Gasteiger partial charge in [-0.05, 0) is 37.2 Å². The van der Waals surface area contributed by atoms with Crippen molar-refractivity contribution in [2.45, 2.75) is 19.9 Å². The number of aromatic amines is 1. The van der Waals surface area contributed by atoms with Gasteiger partial charge in [0, 0.05) is 61.8 Å². The first kappa shape index (κ1) is 21.6. The van der Waals surface area contributed by atoms with E-state index in [4.69, 9.17) is 4.98 Å². The van der Waals surface area contributed by atoms with Crippen molar-refractivity contribution in [3.05, 3.63) is 57.6 Å². The van der Waals surface area contributed by atoms with Crippen LogP contribution in [-0.2, 0) is 13.0 Å². The van der Waals surface area contributed by atoms with Crippen LogP contribution in [0.4, 0.5) is 0 Å². The highest BCUT2D eigenvalue weighted by molar-refractivity contribution is 7.13. The van der Waals surface area contributed by atoms with Crippen LogP contribution < -0.4 is 5.56 Å². The summed E-state index contributed by atoms with van der Waals surface area (Å²) >= 11 is 1.55. The maximum Gasteiger partial charge on any atom is 0.257 e. The Labute approximate surface area is 181 Å². The molecule has 0 aliphatic carbocycles. The molecule has 0 aromatic carbocycles. The molecule has 154 valence electrons. The maximum atomic E-state index is 12.7. The Balaban J connectivity index is 0.00000240. The lowest BCUT2D eigenvalue weighted by atomic mass is 10.1. The first-order valence-electron chi connectivity index (χ1n) is 9.66. The predicted molar refractivity (Wildman–Crippen MR) is 121 cm³/mol. The molecule has 6 nitrogen and oxygen atoms in total. The minimum Gasteiger partial charge on any atom is -0.325 e. The number of halogens is 1. The van der Waals surface area contributed by atoms with Crippen molar-refractivity contribution in [1.82, 2.24) is 24.8 Å². The third kappa shape index (κ3) is 4.93. The topological polar surface area (TPSA) is 65.1 Å². The van der Waals surface area contributed by atoms with Crippen LogP contribution in [0.25, 0.3) is 21.8 Å². The van der Waals surface area contributed by atoms with Crippen molar-refractivity contribution in [3.8, 4) is 21.8 Å². The van der Waals surface area contributed by atoms with Crippen LogP contribution in [0.1, 0.15) is 18.2 Å². The van der Waals surface area contributed by atoms with Crippen LogP contribution in [0, 0.1) is 0 Å². The molecule has 1 aliphatic rings. The number of piperazine rings is 1. The van der Waals surface area contributed by atoms with Crippen molar-refractivity contribution in [3.63, 3.8) is 0 Å². The van der Waals surface area contributed by atoms with E-state index in [0.29, 0.717) is 5.56 Å². The second kappa shape index (κ2) is 9.63. The third-order valence-electron chi connectivity index (χ3n) is 5.27. The fourth-order valence-corrected chi connectivity index (χ4v) is 4.36. The van der Waals surface area contributed by atoms with Crippen LogP contribution in [0.5, 0.6) is 0 Å². The van der Waals surface area contributed by atoms with Crippen LogP contribution in [0.3, 0.4) is 0 Å². The molecule has 0 radical (unpaired) electrons. The summed E-state index contributed by atoms with van der Waals surface area (Å²) in [6, 6.07) is 5.92. The molecule has 4 rings (SSSR count). The molecule has 1 aliphatic heterocycles. The molecule has 0 spiro atoms. The number of rotatable bonds is 5. The highest BCUT2D eigenvalue weighted by Gasteiger charge is 2.18. The molecule has 0 amide bonds. The summed E-state index contributed by atoms with van der Waals surface area (Å²) < 4.78 is 0. The lowest BCUT2D eigenvalue weighted by molar-refractivity contribution is 0.148. The Morgan fingerprint density at radius 2 is 1.90 bits per heavy atom. The summed E-state index contributed by atoms with van der Waals surface area (Å²) in [4.78, 5) is 29.4. The van der Waals surface area contributed by atoms with Gasteiger partial charge < -0.3 is 9.88 Å². The van der Waals surface area contributed by atoms with E-state index < -0.39 is 0 Å². The molecule has 1 saturated heterocycles. The van der Waals surface area contributed by atoms with Gasteiger partial charge in [0.05, 0.1) is 11.3 Å². The molecule has 0 atom stereocenters. The van der Waals surface area contributed by atoms with Gasteiger partial charge in [0.25, 0.3) is 5.56 Å². The van der Waals surface area contributed by atoms with Gasteiger partial charge in [-0.1, -0.05) is 6.92 Å². The van der Waals surface area contributed by atoms with Crippen LogP contribution >= 0.6 is 23.7 Å². The van der Waals surface area contributed by atoms with Gasteiger partial charge in [-0.2, -0.15) is 0 Å². The normalized spacial score (nSPS) is 15.2. The van der Waals surface area contributed by atoms with Gasteiger partial charge in [-0.3, -0.25) is 14.7 Å². The standard InChI is InChI=1S/C21H25N5OS.ClH/c1-3-18-16(13-26-10-8-25(2)9-11-26)12-17(20(27)23-18)19-14-28-21(24-19)15-4-6-22-7-5-15;/h4-7,12,14H,3,8-11,13H2,1-2H3,(H,23,27);1H. The van der Waals surface area contributed by atoms with Gasteiger partial charge in [0.1, 0.15) is 5.01 Å². The Bertz CT molecular complexity index is 996. The fourth-order valence-electron chi connectivity index (χ4n) is 3.53. The number of H-pyrrole nitrogens is 1. The zero-order valence-electron chi connectivity index (χ0n) is 16.7. The quantitative estimate of drug-likeness (QED) is 0.671. The molecule has 3 aromatic heterocycles. The van der Waals surface area contributed by atoms with Crippen molar-refractivity contribution in [1.29, 1.82) is 0 Å². The summed E-state index contributed by atoms with van der Waals surface area (Å²) in [5, 5.41) is 2.86. The van der Waals surface area contributed by atoms with Gasteiger partial charge in [-0.15, -0.1) is 23.7 Å². The Morgan fingerprint density at radius 1 is 1.17 bits per heavy atom. The summed E-state index contributed by atoms with van der Waals surface area (Å²) in [6.07, 6.45) is 4.33. The van der Waals surface area contributed by atoms with E-state index in [1.54, 1.807) is 23.7 Å². The molecular weight excluding hydrogens is 406 g/mol. The van der Waals surface area contributed by atoms with Crippen molar-refractivity contribution >= 4 is 23.7 Å². The second-order valence-corrected chi connectivity index (χ2v) is 8.08. The predicted octanol–water partition coefficient (Wildman–Crippen LogP) is 3.29. The highest BCUT2D eigenvalue weighted by Crippen LogP contribution is 2.28. The molecule has 0 unspecified atom stereocenters. The number of aryl methyl sites for hydroxylation is 1. The maximum absolute atomic E-state index is 12.7. The average molecular weight is 432 g/mol. The number of hydrogen-bond donors (Lipinski definition) is 1. The summed E-state index contributed by atoms with van der Waals surface area (Å²) in [7, 11) is 2.16. The van der Waals surface area contributed by atoms with Gasteiger partial charge >= 0.3 is 0 Å². The summed E-state index contributed by atoms with van der Waals surface area (Å²) in [5.41, 5.74) is 4.56. The minimum atomic E-state index is -0.0643. The number of nitrogens with one attached hydrogen (secondary N) is 1. The SMILES string of the molecule is CCc1[nH]c(=O)c(-c2csc(-c3ccncc3)n2)cc1CN1CCN(C)CC1.Cl. The van der Waals surface area contributed by atoms with E-state index in [1.807, 2.05) is 23.6 Å². The number of aromatic nitrogens is 3. The largest absolute Gasteiger partial charge is 0.325 e. The molecule has 0 bridgehead atoms. The van der Waals surface area contributed by atoms with Crippen LogP contribution in [0.15, 0.2) is 40.8 Å². The first-order valence-corrected chi connectivity index (χ1v) is 10.5. The minimum absolute atomic E-state index is 0. The van der Waals surface area contributed by atoms with Gasteiger partial charge in [0.2, 0.25) is 0 Å². The molecule has 4 heterocycles. The molecule has 1 fully saturated rings. The Kier molecular flexibility index (Phi) is 7.18. The molecule has 3 aromatic rings. The van der Waals surface area contributed by atoms with Crippen LogP contribution in [-0.4, -0.2) is 58.0 Å². The molecule has 8 heteroatoms. The molecule has 1 N–H and O–H groups in total. The Morgan fingerprint density at radius 3 is 2.59 bits per heavy atom. The lowest BCUT2D eigenvalue weighted by Gasteiger charge is -2.32. The zero-order valence-corrected chi connectivity index (χ0v) is 18.4. The van der Waals surface area contributed by atoms with E-state index in [2.05, 4.69) is 33.7 Å². The molecular formula is C21H26ClN5OS. The van der Waals surface area contributed by atoms with E-state index in [0.717, 1.165) is 61.1 Å². The fraction of sp³-hybridized carbons (Fsp3) is 0.381. The summed E-state index contributed by atoms with van der Waals surface area (Å²) in [6.45, 7) is 7.22. The van der Waals surface area contributed by atoms with Gasteiger partial charge in [-0.25, -0.2) is 4.98 Å². The highest BCUT2D eigenvalue weighted by atomic mass is 35.5. The smallest absolute Gasteiger partial charge is 0.257 e. The number of thiazole rings is 1. The van der Waals surface area contributed by atoms with E-state index in [1.165, 1.54) is 5.56 Å². The van der Waals surface area contributed by atoms with Crippen LogP contribution in [0.2, 0.25) is 0 Å². The van der Waals surface area contributed by atoms with Crippen molar-refractivity contribution < 1.29 is 0 Å². The monoisotopic (exact) mass is 431 g/mol. The third-order valence-corrected chi connectivity index (χ3v) is 6.16. The average Bonchev–Trinajstić information content (AvgIpc) is 3.21. The number of likely N-dealkylation sites (N-methyl/N-ethyl adjacent to an activating group) is 1. The van der Waals surface area contributed by atoms with Crippen molar-refractivity contribution in [2.24, 2.45) is 0 Å². The first-order chi connectivity index (χ1) is 13.6. The second-order valence-electron chi connectivity index (χ2n) is 7.22. The Hall–Kier alpha value is -2.06. The van der Waals surface area contributed by atoms with E-state index in [-0.39, 0.29) is 18.0 Å². The number of nitrogens with zero attached hydrogens (tertiary/aromatic N) is 4. The zero-order chi connectivity index (χ0) is 19.5. The summed E-state index contributed by atoms with van der Waals surface area (Å²) in [5.74, 6) is 0. The lowest BCUT2D eigenvalue weighted by Crippen LogP contribution is -2.44.